The predicted molar refractivity (Wildman–Crippen MR) is 61.9 cm³/mol. The minimum absolute atomic E-state index is 0.201. The molecule has 15 heavy (non-hydrogen) atoms. The van der Waals surface area contributed by atoms with E-state index >= 15 is 0 Å². The third-order valence-electron chi connectivity index (χ3n) is 2.12. The van der Waals surface area contributed by atoms with Crippen molar-refractivity contribution in [3.8, 4) is 5.75 Å². The van der Waals surface area contributed by atoms with E-state index in [9.17, 15) is 0 Å². The summed E-state index contributed by atoms with van der Waals surface area (Å²) in [5, 5.41) is 0. The molecular formula is C12H20N2O. The van der Waals surface area contributed by atoms with Crippen LogP contribution in [0.25, 0.3) is 0 Å². The Bertz CT molecular complexity index is 299. The monoisotopic (exact) mass is 208 g/mol. The summed E-state index contributed by atoms with van der Waals surface area (Å²) in [4.78, 5) is 4.30. The lowest BCUT2D eigenvalue weighted by Gasteiger charge is -2.12. The van der Waals surface area contributed by atoms with Crippen LogP contribution in [0.4, 0.5) is 0 Å². The lowest BCUT2D eigenvalue weighted by Crippen LogP contribution is -2.14. The summed E-state index contributed by atoms with van der Waals surface area (Å²) in [5.41, 5.74) is 6.63. The first-order valence-corrected chi connectivity index (χ1v) is 5.43. The zero-order chi connectivity index (χ0) is 11.3. The maximum atomic E-state index is 5.60. The third kappa shape index (κ3) is 4.30. The van der Waals surface area contributed by atoms with Gasteiger partial charge in [-0.1, -0.05) is 6.92 Å². The molecule has 0 aliphatic heterocycles. The number of rotatable bonds is 5. The van der Waals surface area contributed by atoms with Crippen LogP contribution in [0, 0.1) is 5.92 Å². The van der Waals surface area contributed by atoms with Crippen molar-refractivity contribution in [2.45, 2.75) is 33.3 Å². The van der Waals surface area contributed by atoms with E-state index < -0.39 is 0 Å². The van der Waals surface area contributed by atoms with E-state index in [-0.39, 0.29) is 6.10 Å². The molecule has 1 aromatic heterocycles. The fourth-order valence-electron chi connectivity index (χ4n) is 1.35. The van der Waals surface area contributed by atoms with Crippen molar-refractivity contribution in [3.63, 3.8) is 0 Å². The Morgan fingerprint density at radius 2 is 2.13 bits per heavy atom. The predicted octanol–water partition coefficient (Wildman–Crippen LogP) is 2.01. The fraction of sp³-hybridized carbons (Fsp3) is 0.583. The van der Waals surface area contributed by atoms with Gasteiger partial charge in [0.25, 0.3) is 0 Å². The maximum Gasteiger partial charge on any atom is 0.123 e. The minimum Gasteiger partial charge on any atom is -0.491 e. The molecule has 2 N–H and O–H groups in total. The fourth-order valence-corrected chi connectivity index (χ4v) is 1.35. The third-order valence-corrected chi connectivity index (χ3v) is 2.12. The Hall–Kier alpha value is -1.09. The average molecular weight is 208 g/mol. The summed E-state index contributed by atoms with van der Waals surface area (Å²) in [5.74, 6) is 1.35. The van der Waals surface area contributed by atoms with Gasteiger partial charge in [-0.15, -0.1) is 0 Å². The van der Waals surface area contributed by atoms with Gasteiger partial charge in [0.1, 0.15) is 5.75 Å². The van der Waals surface area contributed by atoms with Crippen molar-refractivity contribution in [2.24, 2.45) is 11.7 Å². The molecule has 0 fully saturated rings. The molecule has 1 rings (SSSR count). The summed E-state index contributed by atoms with van der Waals surface area (Å²) >= 11 is 0. The molecule has 0 saturated heterocycles. The lowest BCUT2D eigenvalue weighted by molar-refractivity contribution is 0.242. The molecule has 0 radical (unpaired) electrons. The second kappa shape index (κ2) is 5.71. The molecule has 0 amide bonds. The van der Waals surface area contributed by atoms with Gasteiger partial charge in [0.05, 0.1) is 6.10 Å². The van der Waals surface area contributed by atoms with Gasteiger partial charge in [-0.05, 0) is 38.8 Å². The summed E-state index contributed by atoms with van der Waals surface area (Å²) in [6, 6.07) is 3.88. The Kier molecular flexibility index (Phi) is 4.56. The summed E-state index contributed by atoms with van der Waals surface area (Å²) in [6.45, 7) is 6.85. The van der Waals surface area contributed by atoms with E-state index in [1.807, 2.05) is 26.0 Å². The van der Waals surface area contributed by atoms with Gasteiger partial charge >= 0.3 is 0 Å². The molecular weight excluding hydrogens is 188 g/mol. The van der Waals surface area contributed by atoms with E-state index in [2.05, 4.69) is 11.9 Å². The van der Waals surface area contributed by atoms with E-state index in [0.717, 1.165) is 17.9 Å². The van der Waals surface area contributed by atoms with Crippen molar-refractivity contribution in [1.82, 2.24) is 4.98 Å². The van der Waals surface area contributed by atoms with Gasteiger partial charge in [0.15, 0.2) is 0 Å². The topological polar surface area (TPSA) is 48.1 Å². The van der Waals surface area contributed by atoms with Gasteiger partial charge in [0.2, 0.25) is 0 Å². The normalized spacial score (nSPS) is 12.9. The Morgan fingerprint density at radius 3 is 2.73 bits per heavy atom. The highest BCUT2D eigenvalue weighted by Crippen LogP contribution is 2.14. The Labute approximate surface area is 91.7 Å². The minimum atomic E-state index is 0.201. The summed E-state index contributed by atoms with van der Waals surface area (Å²) in [6.07, 6.45) is 2.90. The molecule has 0 saturated carbocycles. The van der Waals surface area contributed by atoms with E-state index in [1.165, 1.54) is 0 Å². The van der Waals surface area contributed by atoms with E-state index in [1.54, 1.807) is 6.20 Å². The molecule has 3 nitrogen and oxygen atoms in total. The van der Waals surface area contributed by atoms with Crippen LogP contribution in [0.1, 0.15) is 26.5 Å². The molecule has 3 heteroatoms. The van der Waals surface area contributed by atoms with Crippen LogP contribution in [-0.2, 0) is 6.42 Å². The van der Waals surface area contributed by atoms with Gasteiger partial charge in [-0.3, -0.25) is 4.98 Å². The van der Waals surface area contributed by atoms with Crippen LogP contribution in [0.3, 0.4) is 0 Å². The number of aromatic nitrogens is 1. The number of nitrogens with two attached hydrogens (primary N) is 1. The highest BCUT2D eigenvalue weighted by molar-refractivity contribution is 5.23. The first-order valence-electron chi connectivity index (χ1n) is 5.43. The average Bonchev–Trinajstić information content (AvgIpc) is 2.17. The second-order valence-corrected chi connectivity index (χ2v) is 4.19. The molecule has 84 valence electrons. The SMILES string of the molecule is CC(CN)Cc1cc(OC(C)C)ccn1. The number of ether oxygens (including phenoxy) is 1. The molecule has 0 aromatic carbocycles. The Balaban J connectivity index is 2.65. The zero-order valence-electron chi connectivity index (χ0n) is 9.73. The van der Waals surface area contributed by atoms with Crippen LogP contribution in [0.5, 0.6) is 5.75 Å². The molecule has 1 heterocycles. The van der Waals surface area contributed by atoms with Gasteiger partial charge < -0.3 is 10.5 Å². The van der Waals surface area contributed by atoms with E-state index in [0.29, 0.717) is 12.5 Å². The van der Waals surface area contributed by atoms with Crippen molar-refractivity contribution >= 4 is 0 Å². The van der Waals surface area contributed by atoms with Crippen molar-refractivity contribution in [1.29, 1.82) is 0 Å². The van der Waals surface area contributed by atoms with Crippen LogP contribution >= 0.6 is 0 Å². The first-order chi connectivity index (χ1) is 7.11. The first kappa shape index (κ1) is 12.0. The quantitative estimate of drug-likeness (QED) is 0.805. The smallest absolute Gasteiger partial charge is 0.123 e. The number of nitrogens with zero attached hydrogens (tertiary/aromatic N) is 1. The van der Waals surface area contributed by atoms with Gasteiger partial charge in [0, 0.05) is 18.0 Å². The second-order valence-electron chi connectivity index (χ2n) is 4.19. The van der Waals surface area contributed by atoms with E-state index in [4.69, 9.17) is 10.5 Å². The molecule has 1 aromatic rings. The van der Waals surface area contributed by atoms with Crippen LogP contribution in [-0.4, -0.2) is 17.6 Å². The zero-order valence-corrected chi connectivity index (χ0v) is 9.73. The molecule has 0 aliphatic carbocycles. The molecule has 0 bridgehead atoms. The summed E-state index contributed by atoms with van der Waals surface area (Å²) in [7, 11) is 0. The van der Waals surface area contributed by atoms with Crippen LogP contribution < -0.4 is 10.5 Å². The van der Waals surface area contributed by atoms with Crippen molar-refractivity contribution in [2.75, 3.05) is 6.54 Å². The highest BCUT2D eigenvalue weighted by atomic mass is 16.5. The number of hydrogen-bond donors (Lipinski definition) is 1. The Morgan fingerprint density at radius 1 is 1.40 bits per heavy atom. The number of hydrogen-bond acceptors (Lipinski definition) is 3. The largest absolute Gasteiger partial charge is 0.491 e. The molecule has 0 spiro atoms. The molecule has 0 aliphatic rings. The molecule has 1 unspecified atom stereocenters. The van der Waals surface area contributed by atoms with Crippen molar-refractivity contribution < 1.29 is 4.74 Å². The summed E-state index contributed by atoms with van der Waals surface area (Å²) < 4.78 is 5.60. The standard InChI is InChI=1S/C12H20N2O/c1-9(2)15-12-4-5-14-11(7-12)6-10(3)8-13/h4-5,7,9-10H,6,8,13H2,1-3H3. The van der Waals surface area contributed by atoms with Gasteiger partial charge in [-0.2, -0.15) is 0 Å². The highest BCUT2D eigenvalue weighted by Gasteiger charge is 2.04. The maximum absolute atomic E-state index is 5.60. The van der Waals surface area contributed by atoms with Crippen molar-refractivity contribution in [3.05, 3.63) is 24.0 Å². The van der Waals surface area contributed by atoms with Gasteiger partial charge in [-0.25, -0.2) is 0 Å². The van der Waals surface area contributed by atoms with Crippen LogP contribution in [0.2, 0.25) is 0 Å². The lowest BCUT2D eigenvalue weighted by atomic mass is 10.1. The molecule has 1 atom stereocenters. The number of pyridine rings is 1. The van der Waals surface area contributed by atoms with Crippen LogP contribution in [0.15, 0.2) is 18.3 Å².